The Kier molecular flexibility index (Phi) is 3.81. The van der Waals surface area contributed by atoms with Gasteiger partial charge in [0.2, 0.25) is 0 Å². The average molecular weight is 267 g/mol. The van der Waals surface area contributed by atoms with E-state index in [2.05, 4.69) is 35.6 Å². The SMILES string of the molecule is OC(CNCc1cccc2ccccc12)c1ccco1. The summed E-state index contributed by atoms with van der Waals surface area (Å²) in [5, 5.41) is 15.7. The zero-order valence-electron chi connectivity index (χ0n) is 11.1. The Balaban J connectivity index is 1.66. The minimum Gasteiger partial charge on any atom is -0.467 e. The monoisotopic (exact) mass is 267 g/mol. The van der Waals surface area contributed by atoms with Gasteiger partial charge in [-0.1, -0.05) is 42.5 Å². The quantitative estimate of drug-likeness (QED) is 0.746. The highest BCUT2D eigenvalue weighted by molar-refractivity contribution is 5.85. The maximum Gasteiger partial charge on any atom is 0.133 e. The van der Waals surface area contributed by atoms with Crippen LogP contribution in [-0.4, -0.2) is 11.7 Å². The Labute approximate surface area is 117 Å². The van der Waals surface area contributed by atoms with Gasteiger partial charge >= 0.3 is 0 Å². The van der Waals surface area contributed by atoms with Crippen molar-refractivity contribution in [2.75, 3.05) is 6.54 Å². The minimum absolute atomic E-state index is 0.469. The van der Waals surface area contributed by atoms with Gasteiger partial charge in [-0.15, -0.1) is 0 Å². The Morgan fingerprint density at radius 1 is 1.00 bits per heavy atom. The molecule has 2 N–H and O–H groups in total. The van der Waals surface area contributed by atoms with Crippen LogP contribution in [0.25, 0.3) is 10.8 Å². The molecule has 20 heavy (non-hydrogen) atoms. The summed E-state index contributed by atoms with van der Waals surface area (Å²) in [7, 11) is 0. The normalized spacial score (nSPS) is 12.7. The van der Waals surface area contributed by atoms with Crippen LogP contribution in [0.15, 0.2) is 65.3 Å². The smallest absolute Gasteiger partial charge is 0.133 e. The van der Waals surface area contributed by atoms with E-state index in [1.54, 1.807) is 18.4 Å². The van der Waals surface area contributed by atoms with Crippen molar-refractivity contribution >= 4 is 10.8 Å². The van der Waals surface area contributed by atoms with Gasteiger partial charge in [-0.05, 0) is 28.5 Å². The van der Waals surface area contributed by atoms with Gasteiger partial charge in [0.15, 0.2) is 0 Å². The highest BCUT2D eigenvalue weighted by Gasteiger charge is 2.09. The van der Waals surface area contributed by atoms with Crippen molar-refractivity contribution in [1.82, 2.24) is 5.32 Å². The summed E-state index contributed by atoms with van der Waals surface area (Å²) in [6.07, 6.45) is 0.962. The van der Waals surface area contributed by atoms with Crippen LogP contribution in [0, 0.1) is 0 Å². The second-order valence-electron chi connectivity index (χ2n) is 4.80. The maximum absolute atomic E-state index is 9.94. The van der Waals surface area contributed by atoms with Crippen molar-refractivity contribution in [2.45, 2.75) is 12.6 Å². The molecule has 0 bridgehead atoms. The fraction of sp³-hybridized carbons (Fsp3) is 0.176. The standard InChI is InChI=1S/C17H17NO2/c19-16(17-9-4-10-20-17)12-18-11-14-7-3-6-13-5-1-2-8-15(13)14/h1-10,16,18-19H,11-12H2. The van der Waals surface area contributed by atoms with Gasteiger partial charge in [-0.25, -0.2) is 0 Å². The predicted molar refractivity (Wildman–Crippen MR) is 79.3 cm³/mol. The molecule has 1 unspecified atom stereocenters. The Morgan fingerprint density at radius 3 is 2.70 bits per heavy atom. The first-order valence-corrected chi connectivity index (χ1v) is 6.73. The Bertz CT molecular complexity index is 671. The summed E-state index contributed by atoms with van der Waals surface area (Å²) in [5.41, 5.74) is 1.23. The number of fused-ring (bicyclic) bond motifs is 1. The highest BCUT2D eigenvalue weighted by Crippen LogP contribution is 2.18. The van der Waals surface area contributed by atoms with Gasteiger partial charge < -0.3 is 14.8 Å². The van der Waals surface area contributed by atoms with Crippen molar-refractivity contribution in [3.8, 4) is 0 Å². The maximum atomic E-state index is 9.94. The molecular formula is C17H17NO2. The summed E-state index contributed by atoms with van der Waals surface area (Å²) in [6.45, 7) is 1.19. The largest absolute Gasteiger partial charge is 0.467 e. The van der Waals surface area contributed by atoms with Crippen LogP contribution >= 0.6 is 0 Å². The molecule has 3 nitrogen and oxygen atoms in total. The summed E-state index contributed by atoms with van der Waals surface area (Å²) in [6, 6.07) is 18.1. The van der Waals surface area contributed by atoms with Gasteiger partial charge in [-0.3, -0.25) is 0 Å². The molecule has 3 rings (SSSR count). The fourth-order valence-electron chi connectivity index (χ4n) is 2.37. The van der Waals surface area contributed by atoms with E-state index in [-0.39, 0.29) is 0 Å². The first kappa shape index (κ1) is 12.9. The number of aliphatic hydroxyl groups excluding tert-OH is 1. The third-order valence-electron chi connectivity index (χ3n) is 3.40. The van der Waals surface area contributed by atoms with Crippen LogP contribution < -0.4 is 5.32 Å². The van der Waals surface area contributed by atoms with Gasteiger partial charge in [0.1, 0.15) is 11.9 Å². The minimum atomic E-state index is -0.611. The second kappa shape index (κ2) is 5.90. The predicted octanol–water partition coefficient (Wildman–Crippen LogP) is 3.26. The van der Waals surface area contributed by atoms with Crippen LogP contribution in [0.4, 0.5) is 0 Å². The molecule has 0 saturated carbocycles. The lowest BCUT2D eigenvalue weighted by molar-refractivity contribution is 0.147. The number of furan rings is 1. The number of hydrogen-bond donors (Lipinski definition) is 2. The van der Waals surface area contributed by atoms with Crippen molar-refractivity contribution < 1.29 is 9.52 Å². The lowest BCUT2D eigenvalue weighted by Gasteiger charge is -2.11. The zero-order chi connectivity index (χ0) is 13.8. The molecule has 0 spiro atoms. The zero-order valence-corrected chi connectivity index (χ0v) is 11.1. The number of benzene rings is 2. The van der Waals surface area contributed by atoms with E-state index in [9.17, 15) is 5.11 Å². The molecule has 1 atom stereocenters. The number of aliphatic hydroxyl groups is 1. The third kappa shape index (κ3) is 2.74. The fourth-order valence-corrected chi connectivity index (χ4v) is 2.37. The molecule has 0 amide bonds. The van der Waals surface area contributed by atoms with E-state index >= 15 is 0 Å². The number of hydrogen-bond acceptors (Lipinski definition) is 3. The molecule has 0 aliphatic rings. The van der Waals surface area contributed by atoms with Crippen LogP contribution in [0.2, 0.25) is 0 Å². The van der Waals surface area contributed by atoms with Crippen molar-refractivity contribution in [3.05, 3.63) is 72.2 Å². The third-order valence-corrected chi connectivity index (χ3v) is 3.40. The average Bonchev–Trinajstić information content (AvgIpc) is 3.02. The number of rotatable bonds is 5. The molecule has 1 heterocycles. The van der Waals surface area contributed by atoms with Gasteiger partial charge in [0.05, 0.1) is 6.26 Å². The first-order valence-electron chi connectivity index (χ1n) is 6.73. The molecule has 0 radical (unpaired) electrons. The van der Waals surface area contributed by atoms with Crippen molar-refractivity contribution in [1.29, 1.82) is 0 Å². The summed E-state index contributed by atoms with van der Waals surface area (Å²) in [5.74, 6) is 0.593. The lowest BCUT2D eigenvalue weighted by atomic mass is 10.0. The van der Waals surface area contributed by atoms with Crippen molar-refractivity contribution in [3.63, 3.8) is 0 Å². The van der Waals surface area contributed by atoms with E-state index in [0.717, 1.165) is 6.54 Å². The molecule has 0 aliphatic carbocycles. The van der Waals surface area contributed by atoms with E-state index in [1.165, 1.54) is 16.3 Å². The number of nitrogens with one attached hydrogen (secondary N) is 1. The van der Waals surface area contributed by atoms with E-state index in [1.807, 2.05) is 12.1 Å². The van der Waals surface area contributed by atoms with Gasteiger partial charge in [0, 0.05) is 13.1 Å². The molecular weight excluding hydrogens is 250 g/mol. The molecule has 102 valence electrons. The van der Waals surface area contributed by atoms with E-state index < -0.39 is 6.10 Å². The molecule has 0 saturated heterocycles. The highest BCUT2D eigenvalue weighted by atomic mass is 16.4. The topological polar surface area (TPSA) is 45.4 Å². The van der Waals surface area contributed by atoms with Crippen LogP contribution in [-0.2, 0) is 6.54 Å². The summed E-state index contributed by atoms with van der Waals surface area (Å²) >= 11 is 0. The van der Waals surface area contributed by atoms with E-state index in [0.29, 0.717) is 12.3 Å². The van der Waals surface area contributed by atoms with Gasteiger partial charge in [0.25, 0.3) is 0 Å². The Morgan fingerprint density at radius 2 is 1.85 bits per heavy atom. The molecule has 3 aromatic rings. The molecule has 0 fully saturated rings. The molecule has 2 aromatic carbocycles. The van der Waals surface area contributed by atoms with Crippen LogP contribution in [0.3, 0.4) is 0 Å². The van der Waals surface area contributed by atoms with E-state index in [4.69, 9.17) is 4.42 Å². The summed E-state index contributed by atoms with van der Waals surface area (Å²) < 4.78 is 5.18. The van der Waals surface area contributed by atoms with Crippen LogP contribution in [0.5, 0.6) is 0 Å². The summed E-state index contributed by atoms with van der Waals surface area (Å²) in [4.78, 5) is 0. The van der Waals surface area contributed by atoms with Crippen molar-refractivity contribution in [2.24, 2.45) is 0 Å². The molecule has 1 aromatic heterocycles. The van der Waals surface area contributed by atoms with Gasteiger partial charge in [-0.2, -0.15) is 0 Å². The first-order chi connectivity index (χ1) is 9.84. The molecule has 0 aliphatic heterocycles. The second-order valence-corrected chi connectivity index (χ2v) is 4.80. The molecule has 3 heteroatoms. The lowest BCUT2D eigenvalue weighted by Crippen LogP contribution is -2.20. The Hall–Kier alpha value is -2.10. The van der Waals surface area contributed by atoms with Crippen LogP contribution in [0.1, 0.15) is 17.4 Å².